The Morgan fingerprint density at radius 3 is 2.79 bits per heavy atom. The summed E-state index contributed by atoms with van der Waals surface area (Å²) in [5, 5.41) is 18.0. The summed E-state index contributed by atoms with van der Waals surface area (Å²) < 4.78 is 5.41. The number of aliphatic hydroxyl groups is 1. The highest BCUT2D eigenvalue weighted by molar-refractivity contribution is 7.13. The first-order chi connectivity index (χ1) is 11.6. The zero-order chi connectivity index (χ0) is 16.8. The number of amides is 2. The number of hydrogen-bond donors (Lipinski definition) is 3. The van der Waals surface area contributed by atoms with E-state index in [9.17, 15) is 9.90 Å². The first-order valence-corrected chi connectivity index (χ1v) is 9.25. The molecule has 0 saturated heterocycles. The van der Waals surface area contributed by atoms with E-state index in [2.05, 4.69) is 15.6 Å². The third-order valence-electron chi connectivity index (χ3n) is 4.33. The molecule has 2 aromatic heterocycles. The molecule has 24 heavy (non-hydrogen) atoms. The summed E-state index contributed by atoms with van der Waals surface area (Å²) in [4.78, 5) is 17.2. The zero-order valence-corrected chi connectivity index (χ0v) is 14.4. The number of oxazole rings is 1. The van der Waals surface area contributed by atoms with Crippen molar-refractivity contribution in [2.75, 3.05) is 6.54 Å². The van der Waals surface area contributed by atoms with Gasteiger partial charge in [0.1, 0.15) is 6.26 Å². The Morgan fingerprint density at radius 2 is 2.08 bits per heavy atom. The molecular formula is C17H23N3O3S. The molecule has 0 aromatic carbocycles. The molecule has 7 heteroatoms. The minimum atomic E-state index is -0.770. The largest absolute Gasteiger partial charge is 0.443 e. The van der Waals surface area contributed by atoms with Gasteiger partial charge in [0.2, 0.25) is 5.89 Å². The maximum absolute atomic E-state index is 11.9. The van der Waals surface area contributed by atoms with E-state index in [0.29, 0.717) is 18.1 Å². The van der Waals surface area contributed by atoms with Crippen molar-refractivity contribution in [3.63, 3.8) is 0 Å². The lowest BCUT2D eigenvalue weighted by molar-refractivity contribution is 0.0276. The molecule has 6 nitrogen and oxygen atoms in total. The number of nitrogens with zero attached hydrogens (tertiary/aromatic N) is 1. The summed E-state index contributed by atoms with van der Waals surface area (Å²) in [6, 6.07) is 3.58. The summed E-state index contributed by atoms with van der Waals surface area (Å²) in [6.07, 6.45) is 7.41. The standard InChI is InChI=1S/C17H23N3O3S/c21-16(19-12-17(22)7-3-1-2-4-8-17)18-10-13-11-23-15(20-13)14-6-5-9-24-14/h5-6,9,11,22H,1-4,7-8,10,12H2,(H2,18,19,21). The average molecular weight is 349 g/mol. The molecule has 130 valence electrons. The molecule has 0 aliphatic heterocycles. The minimum Gasteiger partial charge on any atom is -0.443 e. The third kappa shape index (κ3) is 4.58. The maximum atomic E-state index is 11.9. The fourth-order valence-electron chi connectivity index (χ4n) is 2.94. The lowest BCUT2D eigenvalue weighted by Crippen LogP contribution is -2.46. The molecule has 1 aliphatic rings. The van der Waals surface area contributed by atoms with Gasteiger partial charge in [-0.05, 0) is 24.3 Å². The van der Waals surface area contributed by atoms with Gasteiger partial charge >= 0.3 is 6.03 Å². The van der Waals surface area contributed by atoms with Gasteiger partial charge in [-0.2, -0.15) is 0 Å². The van der Waals surface area contributed by atoms with Crippen LogP contribution in [-0.4, -0.2) is 28.3 Å². The molecule has 0 unspecified atom stereocenters. The molecule has 2 amide bonds. The normalized spacial score (nSPS) is 17.2. The van der Waals surface area contributed by atoms with Crippen LogP contribution < -0.4 is 10.6 Å². The molecule has 1 fully saturated rings. The molecule has 1 saturated carbocycles. The van der Waals surface area contributed by atoms with Crippen LogP contribution in [0.15, 0.2) is 28.2 Å². The van der Waals surface area contributed by atoms with Gasteiger partial charge in [-0.3, -0.25) is 0 Å². The van der Waals surface area contributed by atoms with Crippen molar-refractivity contribution in [2.24, 2.45) is 0 Å². The van der Waals surface area contributed by atoms with Crippen LogP contribution in [0.3, 0.4) is 0 Å². The van der Waals surface area contributed by atoms with Gasteiger partial charge in [-0.25, -0.2) is 9.78 Å². The number of aromatic nitrogens is 1. The maximum Gasteiger partial charge on any atom is 0.315 e. The highest BCUT2D eigenvalue weighted by atomic mass is 32.1. The number of hydrogen-bond acceptors (Lipinski definition) is 5. The summed E-state index contributed by atoms with van der Waals surface area (Å²) >= 11 is 1.56. The lowest BCUT2D eigenvalue weighted by atomic mass is 9.95. The molecule has 3 N–H and O–H groups in total. The quantitative estimate of drug-likeness (QED) is 0.723. The fraction of sp³-hybridized carbons (Fsp3) is 0.529. The molecule has 1 aliphatic carbocycles. The van der Waals surface area contributed by atoms with E-state index in [1.54, 1.807) is 17.6 Å². The van der Waals surface area contributed by atoms with Gasteiger partial charge in [0.15, 0.2) is 0 Å². The number of thiophene rings is 1. The summed E-state index contributed by atoms with van der Waals surface area (Å²) in [5.41, 5.74) is -0.102. The van der Waals surface area contributed by atoms with Crippen molar-refractivity contribution >= 4 is 17.4 Å². The van der Waals surface area contributed by atoms with Crippen molar-refractivity contribution < 1.29 is 14.3 Å². The van der Waals surface area contributed by atoms with E-state index < -0.39 is 5.60 Å². The van der Waals surface area contributed by atoms with Gasteiger partial charge in [-0.15, -0.1) is 11.3 Å². The van der Waals surface area contributed by atoms with Gasteiger partial charge < -0.3 is 20.2 Å². The topological polar surface area (TPSA) is 87.4 Å². The predicted octanol–water partition coefficient (Wildman–Crippen LogP) is 3.29. The Kier molecular flexibility index (Phi) is 5.52. The van der Waals surface area contributed by atoms with Crippen molar-refractivity contribution in [1.82, 2.24) is 15.6 Å². The Morgan fingerprint density at radius 1 is 1.29 bits per heavy atom. The third-order valence-corrected chi connectivity index (χ3v) is 5.18. The van der Waals surface area contributed by atoms with Crippen LogP contribution in [0, 0.1) is 0 Å². The van der Waals surface area contributed by atoms with Crippen LogP contribution >= 0.6 is 11.3 Å². The highest BCUT2D eigenvalue weighted by Gasteiger charge is 2.28. The molecule has 2 heterocycles. The van der Waals surface area contributed by atoms with Crippen LogP contribution in [0.25, 0.3) is 10.8 Å². The summed E-state index contributed by atoms with van der Waals surface area (Å²) in [6.45, 7) is 0.581. The number of urea groups is 1. The molecule has 0 spiro atoms. The van der Waals surface area contributed by atoms with Gasteiger partial charge in [0, 0.05) is 6.54 Å². The van der Waals surface area contributed by atoms with Crippen LogP contribution in [0.5, 0.6) is 0 Å². The number of nitrogens with one attached hydrogen (secondary N) is 2. The monoisotopic (exact) mass is 349 g/mol. The van der Waals surface area contributed by atoms with E-state index in [0.717, 1.165) is 43.4 Å². The second-order valence-corrected chi connectivity index (χ2v) is 7.24. The van der Waals surface area contributed by atoms with E-state index in [4.69, 9.17) is 4.42 Å². The smallest absolute Gasteiger partial charge is 0.315 e. The Labute approximate surface area is 145 Å². The SMILES string of the molecule is O=C(NCc1coc(-c2cccs2)n1)NCC1(O)CCCCCC1. The molecule has 2 aromatic rings. The van der Waals surface area contributed by atoms with Gasteiger partial charge in [0.25, 0.3) is 0 Å². The first kappa shape index (κ1) is 17.0. The van der Waals surface area contributed by atoms with Crippen LogP contribution in [0.1, 0.15) is 44.2 Å². The molecule has 0 radical (unpaired) electrons. The van der Waals surface area contributed by atoms with Crippen LogP contribution in [0.2, 0.25) is 0 Å². The van der Waals surface area contributed by atoms with Crippen molar-refractivity contribution in [3.05, 3.63) is 29.5 Å². The molecular weight excluding hydrogens is 326 g/mol. The Bertz CT molecular complexity index is 646. The van der Waals surface area contributed by atoms with Gasteiger partial charge in [0.05, 0.1) is 22.7 Å². The van der Waals surface area contributed by atoms with Crippen molar-refractivity contribution in [3.8, 4) is 10.8 Å². The van der Waals surface area contributed by atoms with E-state index in [-0.39, 0.29) is 12.6 Å². The lowest BCUT2D eigenvalue weighted by Gasteiger charge is -2.26. The highest BCUT2D eigenvalue weighted by Crippen LogP contribution is 2.26. The molecule has 0 bridgehead atoms. The van der Waals surface area contributed by atoms with E-state index in [1.165, 1.54) is 0 Å². The zero-order valence-electron chi connectivity index (χ0n) is 13.6. The second kappa shape index (κ2) is 7.81. The van der Waals surface area contributed by atoms with Crippen molar-refractivity contribution in [1.29, 1.82) is 0 Å². The van der Waals surface area contributed by atoms with Gasteiger partial charge in [-0.1, -0.05) is 31.7 Å². The fourth-order valence-corrected chi connectivity index (χ4v) is 3.60. The average Bonchev–Trinajstić information content (AvgIpc) is 3.21. The number of carbonyl (C=O) groups is 1. The Hall–Kier alpha value is -1.86. The molecule has 3 rings (SSSR count). The first-order valence-electron chi connectivity index (χ1n) is 8.37. The van der Waals surface area contributed by atoms with Crippen molar-refractivity contribution in [2.45, 2.75) is 50.7 Å². The van der Waals surface area contributed by atoms with E-state index >= 15 is 0 Å². The summed E-state index contributed by atoms with van der Waals surface area (Å²) in [5.74, 6) is 0.565. The molecule has 0 atom stereocenters. The minimum absolute atomic E-state index is 0.290. The predicted molar refractivity (Wildman–Crippen MR) is 92.7 cm³/mol. The van der Waals surface area contributed by atoms with E-state index in [1.807, 2.05) is 17.5 Å². The summed E-state index contributed by atoms with van der Waals surface area (Å²) in [7, 11) is 0. The number of carbonyl (C=O) groups excluding carboxylic acids is 1. The second-order valence-electron chi connectivity index (χ2n) is 6.30. The van der Waals surface area contributed by atoms with Crippen LogP contribution in [0.4, 0.5) is 4.79 Å². The Balaban J connectivity index is 1.44. The van der Waals surface area contributed by atoms with Crippen LogP contribution in [-0.2, 0) is 6.54 Å². The number of rotatable bonds is 5.